The van der Waals surface area contributed by atoms with Crippen molar-refractivity contribution in [3.8, 4) is 0 Å². The summed E-state index contributed by atoms with van der Waals surface area (Å²) >= 11 is 0. The first kappa shape index (κ1) is 20.3. The maximum absolute atomic E-state index is 13.3. The molecule has 1 aliphatic heterocycles. The topological polar surface area (TPSA) is 80.5 Å². The fraction of sp³-hybridized carbons (Fsp3) is 0.667. The summed E-state index contributed by atoms with van der Waals surface area (Å²) in [5.41, 5.74) is 7.43. The Morgan fingerprint density at radius 3 is 2.30 bits per heavy atom. The van der Waals surface area contributed by atoms with E-state index in [-0.39, 0.29) is 29.0 Å². The van der Waals surface area contributed by atoms with Gasteiger partial charge < -0.3 is 10.6 Å². The number of carbonyl (C=O) groups excluding carboxylic acids is 1. The molecule has 2 aliphatic rings. The molecule has 150 valence electrons. The highest BCUT2D eigenvalue weighted by molar-refractivity contribution is 7.93. The van der Waals surface area contributed by atoms with Gasteiger partial charge in [-0.2, -0.15) is 0 Å². The summed E-state index contributed by atoms with van der Waals surface area (Å²) in [5.74, 6) is -0.443. The molecule has 0 aromatic heterocycles. The lowest BCUT2D eigenvalue weighted by Gasteiger charge is -2.31. The Bertz CT molecular complexity index is 742. The second-order valence-corrected chi connectivity index (χ2v) is 10.8. The second kappa shape index (κ2) is 8.31. The van der Waals surface area contributed by atoms with Crippen molar-refractivity contribution in [2.24, 2.45) is 11.7 Å². The Labute approximate surface area is 163 Å². The first-order valence-corrected chi connectivity index (χ1v) is 11.8. The Morgan fingerprint density at radius 2 is 1.70 bits per heavy atom. The first-order chi connectivity index (χ1) is 12.8. The summed E-state index contributed by atoms with van der Waals surface area (Å²) in [6.45, 7) is 4.59. The van der Waals surface area contributed by atoms with Gasteiger partial charge >= 0.3 is 0 Å². The van der Waals surface area contributed by atoms with Crippen LogP contribution in [0.25, 0.3) is 0 Å². The number of hydrogen-bond acceptors (Lipinski definition) is 4. The average molecular weight is 393 g/mol. The number of rotatable bonds is 5. The fourth-order valence-corrected chi connectivity index (χ4v) is 7.24. The zero-order valence-electron chi connectivity index (χ0n) is 16.4. The van der Waals surface area contributed by atoms with Crippen molar-refractivity contribution in [2.75, 3.05) is 13.1 Å². The number of nitrogens with zero attached hydrogens (tertiary/aromatic N) is 1. The minimum Gasteiger partial charge on any atom is -0.339 e. The van der Waals surface area contributed by atoms with Gasteiger partial charge in [0.2, 0.25) is 5.91 Å². The zero-order valence-corrected chi connectivity index (χ0v) is 17.2. The molecule has 5 nitrogen and oxygen atoms in total. The number of likely N-dealkylation sites (tertiary alicyclic amines) is 1. The van der Waals surface area contributed by atoms with Gasteiger partial charge in [-0.15, -0.1) is 0 Å². The molecule has 3 rings (SSSR count). The van der Waals surface area contributed by atoms with Crippen molar-refractivity contribution in [3.05, 3.63) is 35.9 Å². The van der Waals surface area contributed by atoms with Crippen LogP contribution in [0.3, 0.4) is 0 Å². The van der Waals surface area contributed by atoms with Crippen LogP contribution in [0, 0.1) is 5.92 Å². The van der Waals surface area contributed by atoms with E-state index in [1.54, 1.807) is 4.90 Å². The summed E-state index contributed by atoms with van der Waals surface area (Å²) in [7, 11) is -3.49. The largest absolute Gasteiger partial charge is 0.339 e. The van der Waals surface area contributed by atoms with E-state index in [1.807, 2.05) is 44.2 Å². The van der Waals surface area contributed by atoms with E-state index >= 15 is 0 Å². The molecular weight excluding hydrogens is 360 g/mol. The van der Waals surface area contributed by atoms with Crippen LogP contribution >= 0.6 is 0 Å². The molecule has 1 amide bonds. The van der Waals surface area contributed by atoms with Gasteiger partial charge in [0.15, 0.2) is 9.84 Å². The highest BCUT2D eigenvalue weighted by Gasteiger charge is 2.45. The smallest absolute Gasteiger partial charge is 0.241 e. The molecule has 0 radical (unpaired) electrons. The van der Waals surface area contributed by atoms with Crippen LogP contribution in [-0.4, -0.2) is 48.9 Å². The summed E-state index contributed by atoms with van der Waals surface area (Å²) in [6.07, 6.45) is 4.34. The highest BCUT2D eigenvalue weighted by Crippen LogP contribution is 2.32. The van der Waals surface area contributed by atoms with Gasteiger partial charge in [0.05, 0.1) is 5.25 Å². The van der Waals surface area contributed by atoms with Crippen molar-refractivity contribution < 1.29 is 13.2 Å². The molecule has 1 aromatic rings. The molecular formula is C21H32N2O3S. The van der Waals surface area contributed by atoms with Crippen LogP contribution in [-0.2, 0) is 14.6 Å². The third-order valence-electron chi connectivity index (χ3n) is 6.12. The normalized spacial score (nSPS) is 25.7. The third-order valence-corrected chi connectivity index (χ3v) is 8.98. The number of hydrogen-bond donors (Lipinski definition) is 1. The van der Waals surface area contributed by atoms with Gasteiger partial charge in [0, 0.05) is 25.0 Å². The summed E-state index contributed by atoms with van der Waals surface area (Å²) < 4.78 is 26.6. The fourth-order valence-electron chi connectivity index (χ4n) is 4.65. The Morgan fingerprint density at radius 1 is 1.07 bits per heavy atom. The Kier molecular flexibility index (Phi) is 6.26. The monoisotopic (exact) mass is 392 g/mol. The van der Waals surface area contributed by atoms with E-state index in [1.165, 1.54) is 0 Å². The molecule has 3 atom stereocenters. The van der Waals surface area contributed by atoms with Crippen LogP contribution in [0.4, 0.5) is 0 Å². The van der Waals surface area contributed by atoms with Gasteiger partial charge in [-0.3, -0.25) is 4.79 Å². The maximum atomic E-state index is 13.3. The van der Waals surface area contributed by atoms with Crippen LogP contribution in [0.5, 0.6) is 0 Å². The van der Waals surface area contributed by atoms with Crippen molar-refractivity contribution in [1.82, 2.24) is 4.90 Å². The minimum atomic E-state index is -3.49. The quantitative estimate of drug-likeness (QED) is 0.835. The molecule has 0 spiro atoms. The third kappa shape index (κ3) is 4.21. The molecule has 6 heteroatoms. The van der Waals surface area contributed by atoms with Crippen molar-refractivity contribution in [2.45, 2.75) is 68.4 Å². The van der Waals surface area contributed by atoms with Gasteiger partial charge in [0.25, 0.3) is 0 Å². The van der Waals surface area contributed by atoms with Gasteiger partial charge in [-0.1, -0.05) is 63.4 Å². The van der Waals surface area contributed by atoms with E-state index in [0.717, 1.165) is 24.8 Å². The standard InChI is InChI=1S/C21H32N2O3S/c1-15(2)20(27(25,26)17-11-7-4-8-12-17)21(24)23-13-18(19(22)14-23)16-9-5-3-6-10-16/h3,5-6,9-10,15,17-20H,4,7-8,11-14,22H2,1-2H3/t18-,19+,20?/m0/s1. The number of carbonyl (C=O) groups is 1. The number of benzene rings is 1. The molecule has 1 aliphatic carbocycles. The van der Waals surface area contributed by atoms with Crippen LogP contribution in [0.15, 0.2) is 30.3 Å². The number of sulfone groups is 1. The summed E-state index contributed by atoms with van der Waals surface area (Å²) in [4.78, 5) is 15.0. The van der Waals surface area contributed by atoms with Gasteiger partial charge in [0.1, 0.15) is 5.25 Å². The molecule has 27 heavy (non-hydrogen) atoms. The summed E-state index contributed by atoms with van der Waals surface area (Å²) in [6, 6.07) is 9.78. The predicted molar refractivity (Wildman–Crippen MR) is 108 cm³/mol. The molecule has 1 unspecified atom stereocenters. The van der Waals surface area contributed by atoms with E-state index in [9.17, 15) is 13.2 Å². The van der Waals surface area contributed by atoms with E-state index in [0.29, 0.717) is 25.9 Å². The average Bonchev–Trinajstić information content (AvgIpc) is 3.04. The Hall–Kier alpha value is -1.40. The highest BCUT2D eigenvalue weighted by atomic mass is 32.2. The van der Waals surface area contributed by atoms with Crippen LogP contribution in [0.1, 0.15) is 57.4 Å². The van der Waals surface area contributed by atoms with E-state index < -0.39 is 15.1 Å². The first-order valence-electron chi connectivity index (χ1n) is 10.1. The summed E-state index contributed by atoms with van der Waals surface area (Å²) in [5, 5.41) is -1.33. The lowest BCUT2D eigenvalue weighted by Crippen LogP contribution is -2.48. The molecule has 1 aromatic carbocycles. The molecule has 2 N–H and O–H groups in total. The molecule has 1 saturated heterocycles. The lowest BCUT2D eigenvalue weighted by atomic mass is 9.95. The maximum Gasteiger partial charge on any atom is 0.241 e. The molecule has 1 heterocycles. The predicted octanol–water partition coefficient (Wildman–Crippen LogP) is 2.71. The van der Waals surface area contributed by atoms with E-state index in [2.05, 4.69) is 0 Å². The lowest BCUT2D eigenvalue weighted by molar-refractivity contribution is -0.130. The minimum absolute atomic E-state index is 0.0559. The van der Waals surface area contributed by atoms with Crippen LogP contribution < -0.4 is 5.73 Å². The SMILES string of the molecule is CC(C)C(C(=O)N1C[C@@H](N)[C@H](c2ccccc2)C1)S(=O)(=O)C1CCCCC1. The zero-order chi connectivity index (χ0) is 19.6. The number of amides is 1. The second-order valence-electron chi connectivity index (χ2n) is 8.44. The molecule has 0 bridgehead atoms. The van der Waals surface area contributed by atoms with Crippen LogP contribution in [0.2, 0.25) is 0 Å². The van der Waals surface area contributed by atoms with Gasteiger partial charge in [-0.25, -0.2) is 8.42 Å². The van der Waals surface area contributed by atoms with Crippen molar-refractivity contribution >= 4 is 15.7 Å². The van der Waals surface area contributed by atoms with E-state index in [4.69, 9.17) is 5.73 Å². The van der Waals surface area contributed by atoms with Crippen molar-refractivity contribution in [1.29, 1.82) is 0 Å². The Balaban J connectivity index is 1.79. The van der Waals surface area contributed by atoms with Gasteiger partial charge in [-0.05, 0) is 24.3 Å². The number of nitrogens with two attached hydrogens (primary N) is 1. The van der Waals surface area contributed by atoms with Crippen molar-refractivity contribution in [3.63, 3.8) is 0 Å². The molecule has 1 saturated carbocycles. The molecule has 2 fully saturated rings.